The molecular weight excluding hydrogens is 469 g/mol. The highest BCUT2D eigenvalue weighted by Gasteiger charge is 2.20. The van der Waals surface area contributed by atoms with Gasteiger partial charge in [-0.15, -0.1) is 0 Å². The maximum atomic E-state index is 13.3. The number of rotatable bonds is 11. The number of carbonyl (C=O) groups is 1. The highest BCUT2D eigenvalue weighted by atomic mass is 19.1. The van der Waals surface area contributed by atoms with Crippen molar-refractivity contribution in [3.05, 3.63) is 108 Å². The molecule has 0 aliphatic rings. The second kappa shape index (κ2) is 12.5. The Hall–Kier alpha value is -4.46. The van der Waals surface area contributed by atoms with Crippen molar-refractivity contribution in [1.29, 1.82) is 0 Å². The Morgan fingerprint density at radius 1 is 0.946 bits per heavy atom. The summed E-state index contributed by atoms with van der Waals surface area (Å²) in [5, 5.41) is 9.50. The molecule has 0 saturated heterocycles. The molecule has 4 rings (SSSR count). The third-order valence-electron chi connectivity index (χ3n) is 5.74. The highest BCUT2D eigenvalue weighted by Crippen LogP contribution is 2.18. The van der Waals surface area contributed by atoms with Crippen LogP contribution in [-0.2, 0) is 17.6 Å². The zero-order valence-corrected chi connectivity index (χ0v) is 20.9. The fourth-order valence-corrected chi connectivity index (χ4v) is 3.83. The van der Waals surface area contributed by atoms with Crippen molar-refractivity contribution in [2.24, 2.45) is 0 Å². The number of nitrogens with zero attached hydrogens (tertiary/aromatic N) is 2. The van der Waals surface area contributed by atoms with Crippen LogP contribution >= 0.6 is 0 Å². The molecular formula is C29H30FN5O2. The molecule has 8 heteroatoms. The molecule has 1 aromatic heterocycles. The molecule has 190 valence electrons. The van der Waals surface area contributed by atoms with E-state index in [1.807, 2.05) is 43.3 Å². The van der Waals surface area contributed by atoms with E-state index < -0.39 is 6.04 Å². The van der Waals surface area contributed by atoms with Crippen molar-refractivity contribution in [3.63, 3.8) is 0 Å². The fraction of sp³-hybridized carbons (Fsp3) is 0.207. The van der Waals surface area contributed by atoms with Gasteiger partial charge >= 0.3 is 0 Å². The van der Waals surface area contributed by atoms with E-state index in [0.717, 1.165) is 16.8 Å². The van der Waals surface area contributed by atoms with Gasteiger partial charge in [-0.2, -0.15) is 4.98 Å². The molecule has 1 atom stereocenters. The van der Waals surface area contributed by atoms with Crippen LogP contribution in [0.25, 0.3) is 0 Å². The lowest BCUT2D eigenvalue weighted by molar-refractivity contribution is -0.116. The number of benzene rings is 3. The summed E-state index contributed by atoms with van der Waals surface area (Å²) in [6.45, 7) is 2.46. The molecule has 0 fully saturated rings. The second-order valence-electron chi connectivity index (χ2n) is 8.63. The van der Waals surface area contributed by atoms with Crippen molar-refractivity contribution in [3.8, 4) is 5.75 Å². The lowest BCUT2D eigenvalue weighted by Crippen LogP contribution is -2.37. The number of nitrogens with one attached hydrogen (secondary N) is 3. The number of carbonyl (C=O) groups excluding carboxylic acids is 1. The summed E-state index contributed by atoms with van der Waals surface area (Å²) in [5.41, 5.74) is 3.47. The summed E-state index contributed by atoms with van der Waals surface area (Å²) in [7, 11) is 1.60. The van der Waals surface area contributed by atoms with Crippen LogP contribution in [0.5, 0.6) is 5.75 Å². The number of ether oxygens (including phenoxy) is 1. The number of methoxy groups -OCH3 is 1. The van der Waals surface area contributed by atoms with E-state index >= 15 is 0 Å². The van der Waals surface area contributed by atoms with E-state index in [1.165, 1.54) is 12.1 Å². The fourth-order valence-electron chi connectivity index (χ4n) is 3.83. The molecule has 0 unspecified atom stereocenters. The first-order valence-electron chi connectivity index (χ1n) is 12.1. The van der Waals surface area contributed by atoms with Crippen molar-refractivity contribution < 1.29 is 13.9 Å². The Kier molecular flexibility index (Phi) is 8.65. The van der Waals surface area contributed by atoms with E-state index in [1.54, 1.807) is 43.5 Å². The molecule has 3 aromatic carbocycles. The maximum Gasteiger partial charge on any atom is 0.247 e. The second-order valence-corrected chi connectivity index (χ2v) is 8.63. The predicted octanol–water partition coefficient (Wildman–Crippen LogP) is 5.25. The van der Waals surface area contributed by atoms with Gasteiger partial charge in [0, 0.05) is 30.4 Å². The van der Waals surface area contributed by atoms with Crippen LogP contribution < -0.4 is 20.7 Å². The summed E-state index contributed by atoms with van der Waals surface area (Å²) in [5.74, 6) is 1.28. The average Bonchev–Trinajstić information content (AvgIpc) is 2.90. The van der Waals surface area contributed by atoms with Crippen LogP contribution in [0.2, 0.25) is 0 Å². The average molecular weight is 500 g/mol. The van der Waals surface area contributed by atoms with E-state index in [4.69, 9.17) is 4.74 Å². The summed E-state index contributed by atoms with van der Waals surface area (Å²) >= 11 is 0. The van der Waals surface area contributed by atoms with Crippen molar-refractivity contribution in [1.82, 2.24) is 9.97 Å². The summed E-state index contributed by atoms with van der Waals surface area (Å²) in [6, 6.07) is 24.7. The van der Waals surface area contributed by atoms with Crippen LogP contribution in [0.4, 0.5) is 21.8 Å². The molecule has 0 bridgehead atoms. The van der Waals surface area contributed by atoms with Crippen molar-refractivity contribution in [2.75, 3.05) is 29.6 Å². The molecule has 7 nitrogen and oxygen atoms in total. The van der Waals surface area contributed by atoms with Gasteiger partial charge in [-0.25, -0.2) is 9.37 Å². The number of anilines is 3. The van der Waals surface area contributed by atoms with Gasteiger partial charge in [-0.05, 0) is 60.9 Å². The van der Waals surface area contributed by atoms with Gasteiger partial charge in [0.1, 0.15) is 23.4 Å². The van der Waals surface area contributed by atoms with Crippen LogP contribution in [0, 0.1) is 12.7 Å². The topological polar surface area (TPSA) is 88.2 Å². The summed E-state index contributed by atoms with van der Waals surface area (Å²) in [4.78, 5) is 22.4. The Morgan fingerprint density at radius 3 is 2.38 bits per heavy atom. The molecule has 3 N–H and O–H groups in total. The number of aromatic nitrogens is 2. The Labute approximate surface area is 216 Å². The zero-order valence-electron chi connectivity index (χ0n) is 20.9. The molecule has 4 aromatic rings. The monoisotopic (exact) mass is 499 g/mol. The van der Waals surface area contributed by atoms with Gasteiger partial charge in [-0.1, -0.05) is 42.5 Å². The largest absolute Gasteiger partial charge is 0.497 e. The predicted molar refractivity (Wildman–Crippen MR) is 145 cm³/mol. The van der Waals surface area contributed by atoms with Crippen molar-refractivity contribution in [2.45, 2.75) is 25.8 Å². The molecule has 0 radical (unpaired) electrons. The molecule has 0 spiro atoms. The smallest absolute Gasteiger partial charge is 0.247 e. The number of aryl methyl sites for hydroxylation is 1. The standard InChI is InChI=1S/C29H30FN5O2/c1-20-18-27(35-29(32-20)31-17-16-21-8-10-23(30)11-9-21)34-26(19-22-6-4-3-5-7-22)28(36)33-24-12-14-25(37-2)15-13-24/h3-15,18,26H,16-17,19H2,1-2H3,(H,33,36)(H2,31,32,34,35)/t26-/m0/s1. The van der Waals surface area contributed by atoms with Crippen LogP contribution in [0.15, 0.2) is 84.9 Å². The summed E-state index contributed by atoms with van der Waals surface area (Å²) in [6.07, 6.45) is 1.17. The van der Waals surface area contributed by atoms with Crippen LogP contribution in [-0.4, -0.2) is 35.6 Å². The van der Waals surface area contributed by atoms with E-state index in [2.05, 4.69) is 25.9 Å². The van der Waals surface area contributed by atoms with Crippen LogP contribution in [0.1, 0.15) is 16.8 Å². The SMILES string of the molecule is COc1ccc(NC(=O)[C@H](Cc2ccccc2)Nc2cc(C)nc(NCCc3ccc(F)cc3)n2)cc1. The highest BCUT2D eigenvalue weighted by molar-refractivity contribution is 5.96. The van der Waals surface area contributed by atoms with Gasteiger partial charge in [0.05, 0.1) is 7.11 Å². The number of hydrogen-bond acceptors (Lipinski definition) is 6. The van der Waals surface area contributed by atoms with Gasteiger partial charge in [0.25, 0.3) is 0 Å². The van der Waals surface area contributed by atoms with E-state index in [0.29, 0.717) is 42.6 Å². The van der Waals surface area contributed by atoms with Gasteiger partial charge in [-0.3, -0.25) is 4.79 Å². The number of hydrogen-bond donors (Lipinski definition) is 3. The third-order valence-corrected chi connectivity index (χ3v) is 5.74. The van der Waals surface area contributed by atoms with Crippen molar-refractivity contribution >= 4 is 23.4 Å². The van der Waals surface area contributed by atoms with Gasteiger partial charge in [0.2, 0.25) is 11.9 Å². The van der Waals surface area contributed by atoms with Crippen LogP contribution in [0.3, 0.4) is 0 Å². The lowest BCUT2D eigenvalue weighted by Gasteiger charge is -2.20. The number of amides is 1. The maximum absolute atomic E-state index is 13.3. The normalized spacial score (nSPS) is 11.4. The Morgan fingerprint density at radius 2 is 1.68 bits per heavy atom. The minimum atomic E-state index is -0.578. The van der Waals surface area contributed by atoms with Gasteiger partial charge in [0.15, 0.2) is 0 Å². The Bertz CT molecular complexity index is 1300. The lowest BCUT2D eigenvalue weighted by atomic mass is 10.0. The molecule has 0 saturated carbocycles. The summed E-state index contributed by atoms with van der Waals surface area (Å²) < 4.78 is 18.3. The van der Waals surface area contributed by atoms with Gasteiger partial charge < -0.3 is 20.7 Å². The minimum absolute atomic E-state index is 0.184. The molecule has 0 aliphatic carbocycles. The Balaban J connectivity index is 1.46. The molecule has 37 heavy (non-hydrogen) atoms. The first-order chi connectivity index (χ1) is 18.0. The first kappa shape index (κ1) is 25.6. The molecule has 0 aliphatic heterocycles. The minimum Gasteiger partial charge on any atom is -0.497 e. The zero-order chi connectivity index (χ0) is 26.0. The van der Waals surface area contributed by atoms with E-state index in [9.17, 15) is 9.18 Å². The number of halogens is 1. The molecule has 1 amide bonds. The molecule has 1 heterocycles. The third kappa shape index (κ3) is 7.76. The van der Waals surface area contributed by atoms with E-state index in [-0.39, 0.29) is 11.7 Å². The first-order valence-corrected chi connectivity index (χ1v) is 12.1. The quantitative estimate of drug-likeness (QED) is 0.261.